The lowest BCUT2D eigenvalue weighted by molar-refractivity contribution is -0.141. The molecule has 16 heavy (non-hydrogen) atoms. The molecule has 88 valence electrons. The lowest BCUT2D eigenvalue weighted by Crippen LogP contribution is -2.43. The normalized spacial score (nSPS) is 14.2. The van der Waals surface area contributed by atoms with Crippen molar-refractivity contribution in [2.24, 2.45) is 0 Å². The highest BCUT2D eigenvalue weighted by atomic mass is 19.1. The van der Waals surface area contributed by atoms with Crippen LogP contribution in [-0.2, 0) is 4.79 Å². The molecule has 0 saturated carbocycles. The lowest BCUT2D eigenvalue weighted by Gasteiger charge is -2.27. The predicted molar refractivity (Wildman–Crippen MR) is 61.0 cm³/mol. The Kier molecular flexibility index (Phi) is 3.88. The standard InChI is InChI=1S/C12H16FNO2/c1-3-7-12(2,11(15)16)14-10-6-4-5-9(13)8-10/h4-6,8,14H,3,7H2,1-2H3,(H,15,16). The van der Waals surface area contributed by atoms with Crippen molar-refractivity contribution in [1.82, 2.24) is 0 Å². The first-order chi connectivity index (χ1) is 7.48. The van der Waals surface area contributed by atoms with E-state index in [-0.39, 0.29) is 5.82 Å². The second-order valence-electron chi connectivity index (χ2n) is 4.02. The quantitative estimate of drug-likeness (QED) is 0.810. The zero-order chi connectivity index (χ0) is 12.2. The number of hydrogen-bond donors (Lipinski definition) is 2. The van der Waals surface area contributed by atoms with Crippen LogP contribution in [0.1, 0.15) is 26.7 Å². The van der Waals surface area contributed by atoms with Gasteiger partial charge in [-0.1, -0.05) is 19.4 Å². The van der Waals surface area contributed by atoms with Gasteiger partial charge < -0.3 is 10.4 Å². The van der Waals surface area contributed by atoms with E-state index in [2.05, 4.69) is 5.32 Å². The van der Waals surface area contributed by atoms with Gasteiger partial charge in [-0.05, 0) is 31.5 Å². The number of anilines is 1. The molecule has 0 aliphatic rings. The average Bonchev–Trinajstić information content (AvgIpc) is 2.17. The summed E-state index contributed by atoms with van der Waals surface area (Å²) in [6, 6.07) is 5.81. The lowest BCUT2D eigenvalue weighted by atomic mass is 9.96. The highest BCUT2D eigenvalue weighted by Gasteiger charge is 2.31. The Balaban J connectivity index is 2.87. The van der Waals surface area contributed by atoms with E-state index >= 15 is 0 Å². The van der Waals surface area contributed by atoms with Gasteiger partial charge in [-0.3, -0.25) is 0 Å². The minimum atomic E-state index is -1.05. The summed E-state index contributed by atoms with van der Waals surface area (Å²) in [5, 5.41) is 12.0. The van der Waals surface area contributed by atoms with Crippen molar-refractivity contribution >= 4 is 11.7 Å². The van der Waals surface area contributed by atoms with E-state index in [0.29, 0.717) is 12.1 Å². The van der Waals surface area contributed by atoms with E-state index in [0.717, 1.165) is 6.42 Å². The van der Waals surface area contributed by atoms with Gasteiger partial charge in [0.05, 0.1) is 0 Å². The summed E-state index contributed by atoms with van der Waals surface area (Å²) in [6.45, 7) is 3.51. The number of hydrogen-bond acceptors (Lipinski definition) is 2. The van der Waals surface area contributed by atoms with Crippen LogP contribution in [0.5, 0.6) is 0 Å². The van der Waals surface area contributed by atoms with E-state index < -0.39 is 11.5 Å². The topological polar surface area (TPSA) is 49.3 Å². The Hall–Kier alpha value is -1.58. The molecule has 1 unspecified atom stereocenters. The maximum atomic E-state index is 12.9. The number of benzene rings is 1. The van der Waals surface area contributed by atoms with Crippen molar-refractivity contribution < 1.29 is 14.3 Å². The van der Waals surface area contributed by atoms with Crippen LogP contribution >= 0.6 is 0 Å². The number of carboxylic acids is 1. The van der Waals surface area contributed by atoms with Crippen molar-refractivity contribution in [1.29, 1.82) is 0 Å². The van der Waals surface area contributed by atoms with Crippen molar-refractivity contribution in [2.75, 3.05) is 5.32 Å². The van der Waals surface area contributed by atoms with Gasteiger partial charge in [0.25, 0.3) is 0 Å². The van der Waals surface area contributed by atoms with Gasteiger partial charge in [-0.25, -0.2) is 9.18 Å². The van der Waals surface area contributed by atoms with Gasteiger partial charge >= 0.3 is 5.97 Å². The number of rotatable bonds is 5. The number of nitrogens with one attached hydrogen (secondary N) is 1. The molecule has 3 nitrogen and oxygen atoms in total. The summed E-state index contributed by atoms with van der Waals surface area (Å²) in [4.78, 5) is 11.1. The fourth-order valence-electron chi connectivity index (χ4n) is 1.61. The van der Waals surface area contributed by atoms with Gasteiger partial charge in [-0.15, -0.1) is 0 Å². The second-order valence-corrected chi connectivity index (χ2v) is 4.02. The molecule has 0 aliphatic heterocycles. The minimum Gasteiger partial charge on any atom is -0.480 e. The van der Waals surface area contributed by atoms with Crippen LogP contribution in [-0.4, -0.2) is 16.6 Å². The van der Waals surface area contributed by atoms with Gasteiger partial charge in [-0.2, -0.15) is 0 Å². The van der Waals surface area contributed by atoms with Crippen molar-refractivity contribution in [3.63, 3.8) is 0 Å². The molecule has 0 saturated heterocycles. The Morgan fingerprint density at radius 3 is 2.75 bits per heavy atom. The minimum absolute atomic E-state index is 0.380. The number of aliphatic carboxylic acids is 1. The van der Waals surface area contributed by atoms with Gasteiger partial charge in [0.2, 0.25) is 0 Å². The molecule has 4 heteroatoms. The number of halogens is 1. The van der Waals surface area contributed by atoms with Crippen LogP contribution in [0.25, 0.3) is 0 Å². The Morgan fingerprint density at radius 2 is 2.25 bits per heavy atom. The summed E-state index contributed by atoms with van der Waals surface area (Å²) in [5.74, 6) is -1.31. The monoisotopic (exact) mass is 225 g/mol. The summed E-state index contributed by atoms with van der Waals surface area (Å²) in [6.07, 6.45) is 1.23. The van der Waals surface area contributed by atoms with Crippen molar-refractivity contribution in [3.05, 3.63) is 30.1 Å². The maximum Gasteiger partial charge on any atom is 0.329 e. The molecular weight excluding hydrogens is 209 g/mol. The zero-order valence-corrected chi connectivity index (χ0v) is 9.46. The third kappa shape index (κ3) is 2.95. The van der Waals surface area contributed by atoms with E-state index in [9.17, 15) is 9.18 Å². The molecule has 0 bridgehead atoms. The fourth-order valence-corrected chi connectivity index (χ4v) is 1.61. The van der Waals surface area contributed by atoms with Crippen LogP contribution in [0, 0.1) is 5.82 Å². The highest BCUT2D eigenvalue weighted by molar-refractivity contribution is 5.82. The van der Waals surface area contributed by atoms with Gasteiger partial charge in [0.1, 0.15) is 11.4 Å². The molecule has 0 aromatic heterocycles. The summed E-state index contributed by atoms with van der Waals surface area (Å²) < 4.78 is 12.9. The molecule has 0 aliphatic carbocycles. The largest absolute Gasteiger partial charge is 0.480 e. The van der Waals surface area contributed by atoms with E-state index in [1.807, 2.05) is 6.92 Å². The molecule has 1 aromatic rings. The van der Waals surface area contributed by atoms with Gasteiger partial charge in [0.15, 0.2) is 0 Å². The fraction of sp³-hybridized carbons (Fsp3) is 0.417. The summed E-state index contributed by atoms with van der Waals surface area (Å²) in [7, 11) is 0. The van der Waals surface area contributed by atoms with Crippen LogP contribution in [0.15, 0.2) is 24.3 Å². The third-order valence-electron chi connectivity index (χ3n) is 2.47. The first-order valence-corrected chi connectivity index (χ1v) is 5.25. The Bertz CT molecular complexity index is 381. The Morgan fingerprint density at radius 1 is 1.56 bits per heavy atom. The smallest absolute Gasteiger partial charge is 0.329 e. The first kappa shape index (κ1) is 12.5. The van der Waals surface area contributed by atoms with Crippen molar-refractivity contribution in [2.45, 2.75) is 32.2 Å². The zero-order valence-electron chi connectivity index (χ0n) is 9.46. The van der Waals surface area contributed by atoms with Crippen LogP contribution in [0.2, 0.25) is 0 Å². The molecule has 1 atom stereocenters. The number of carbonyl (C=O) groups is 1. The van der Waals surface area contributed by atoms with Crippen LogP contribution in [0.3, 0.4) is 0 Å². The van der Waals surface area contributed by atoms with Crippen LogP contribution < -0.4 is 5.32 Å². The number of carboxylic acid groups (broad SMARTS) is 1. The summed E-state index contributed by atoms with van der Waals surface area (Å²) >= 11 is 0. The van der Waals surface area contributed by atoms with E-state index in [4.69, 9.17) is 5.11 Å². The Labute approximate surface area is 94.3 Å². The highest BCUT2D eigenvalue weighted by Crippen LogP contribution is 2.21. The SMILES string of the molecule is CCCC(C)(Nc1cccc(F)c1)C(=O)O. The average molecular weight is 225 g/mol. The molecule has 0 spiro atoms. The molecule has 0 radical (unpaired) electrons. The summed E-state index contributed by atoms with van der Waals surface area (Å²) in [5.41, 5.74) is -0.568. The molecule has 2 N–H and O–H groups in total. The predicted octanol–water partition coefficient (Wildman–Crippen LogP) is 2.88. The molecule has 0 heterocycles. The molecular formula is C12H16FNO2. The maximum absolute atomic E-state index is 12.9. The van der Waals surface area contributed by atoms with E-state index in [1.54, 1.807) is 19.1 Å². The van der Waals surface area contributed by atoms with Crippen LogP contribution in [0.4, 0.5) is 10.1 Å². The van der Waals surface area contributed by atoms with Crippen molar-refractivity contribution in [3.8, 4) is 0 Å². The first-order valence-electron chi connectivity index (χ1n) is 5.25. The van der Waals surface area contributed by atoms with Gasteiger partial charge in [0, 0.05) is 5.69 Å². The molecule has 1 rings (SSSR count). The van der Waals surface area contributed by atoms with E-state index in [1.165, 1.54) is 12.1 Å². The molecule has 0 fully saturated rings. The molecule has 1 aromatic carbocycles. The third-order valence-corrected chi connectivity index (χ3v) is 2.47. The molecule has 0 amide bonds. The second kappa shape index (κ2) is 4.96.